The molecule has 0 aliphatic rings. The van der Waals surface area contributed by atoms with Crippen LogP contribution in [0.3, 0.4) is 0 Å². The molecule has 0 aliphatic carbocycles. The van der Waals surface area contributed by atoms with E-state index >= 15 is 0 Å². The molecule has 2 aromatic rings. The van der Waals surface area contributed by atoms with Gasteiger partial charge in [0.2, 0.25) is 5.91 Å². The molecule has 0 saturated heterocycles. The van der Waals surface area contributed by atoms with E-state index in [4.69, 9.17) is 5.73 Å². The summed E-state index contributed by atoms with van der Waals surface area (Å²) < 4.78 is 1.86. The summed E-state index contributed by atoms with van der Waals surface area (Å²) >= 11 is 0. The molecular weight excluding hydrogens is 242 g/mol. The number of carbonyl (C=O) groups excluding carboxylic acids is 1. The lowest BCUT2D eigenvalue weighted by Gasteiger charge is -2.14. The molecule has 0 radical (unpaired) electrons. The molecule has 100 valence electrons. The van der Waals surface area contributed by atoms with Crippen LogP contribution in [0.25, 0.3) is 0 Å². The summed E-state index contributed by atoms with van der Waals surface area (Å²) in [6, 6.07) is 7.34. The van der Waals surface area contributed by atoms with E-state index in [9.17, 15) is 4.79 Å². The first-order valence-electron chi connectivity index (χ1n) is 6.04. The second-order valence-corrected chi connectivity index (χ2v) is 4.42. The Morgan fingerprint density at radius 1 is 1.47 bits per heavy atom. The highest BCUT2D eigenvalue weighted by molar-refractivity contribution is 5.94. The predicted molar refractivity (Wildman–Crippen MR) is 71.2 cm³/mol. The van der Waals surface area contributed by atoms with Crippen LogP contribution >= 0.6 is 0 Å². The van der Waals surface area contributed by atoms with Gasteiger partial charge in [0.1, 0.15) is 12.2 Å². The maximum atomic E-state index is 11.3. The number of aryl methyl sites for hydroxylation is 1. The SMILES string of the molecule is CC(NCc1ccccc1C(N)=O)c1nncn1C. The molecule has 1 amide bonds. The normalized spacial score (nSPS) is 12.3. The summed E-state index contributed by atoms with van der Waals surface area (Å²) in [6.07, 6.45) is 1.66. The topological polar surface area (TPSA) is 85.8 Å². The van der Waals surface area contributed by atoms with Crippen molar-refractivity contribution in [3.05, 3.63) is 47.5 Å². The number of rotatable bonds is 5. The Balaban J connectivity index is 2.07. The third-order valence-electron chi connectivity index (χ3n) is 3.02. The Labute approximate surface area is 111 Å². The molecule has 0 saturated carbocycles. The standard InChI is InChI=1S/C13H17N5O/c1-9(13-17-16-8-18(13)2)15-7-10-5-3-4-6-11(10)12(14)19/h3-6,8-9,15H,7H2,1-2H3,(H2,14,19). The molecule has 1 heterocycles. The van der Waals surface area contributed by atoms with Gasteiger partial charge in [-0.1, -0.05) is 18.2 Å². The van der Waals surface area contributed by atoms with E-state index < -0.39 is 5.91 Å². The summed E-state index contributed by atoms with van der Waals surface area (Å²) in [5.41, 5.74) is 6.77. The molecular formula is C13H17N5O. The molecule has 6 nitrogen and oxygen atoms in total. The Morgan fingerprint density at radius 2 is 2.21 bits per heavy atom. The van der Waals surface area contributed by atoms with Gasteiger partial charge in [-0.15, -0.1) is 10.2 Å². The fourth-order valence-electron chi connectivity index (χ4n) is 1.95. The van der Waals surface area contributed by atoms with Crippen LogP contribution in [-0.2, 0) is 13.6 Å². The Kier molecular flexibility index (Phi) is 3.91. The summed E-state index contributed by atoms with van der Waals surface area (Å²) in [5.74, 6) is 0.431. The molecule has 0 bridgehead atoms. The first kappa shape index (κ1) is 13.2. The number of hydrogen-bond donors (Lipinski definition) is 2. The van der Waals surface area contributed by atoms with Crippen LogP contribution in [0.5, 0.6) is 0 Å². The maximum Gasteiger partial charge on any atom is 0.249 e. The van der Waals surface area contributed by atoms with Crippen molar-refractivity contribution >= 4 is 5.91 Å². The fourth-order valence-corrected chi connectivity index (χ4v) is 1.95. The molecule has 1 aromatic carbocycles. The van der Waals surface area contributed by atoms with E-state index in [0.29, 0.717) is 12.1 Å². The van der Waals surface area contributed by atoms with Gasteiger partial charge in [0.15, 0.2) is 0 Å². The minimum atomic E-state index is -0.413. The Bertz CT molecular complexity index is 578. The number of nitrogens with zero attached hydrogens (tertiary/aromatic N) is 3. The third-order valence-corrected chi connectivity index (χ3v) is 3.02. The van der Waals surface area contributed by atoms with Crippen LogP contribution in [-0.4, -0.2) is 20.7 Å². The summed E-state index contributed by atoms with van der Waals surface area (Å²) in [7, 11) is 1.89. The quantitative estimate of drug-likeness (QED) is 0.830. The highest BCUT2D eigenvalue weighted by Gasteiger charge is 2.12. The van der Waals surface area contributed by atoms with E-state index in [-0.39, 0.29) is 6.04 Å². The van der Waals surface area contributed by atoms with Crippen molar-refractivity contribution in [2.75, 3.05) is 0 Å². The molecule has 1 aromatic heterocycles. The van der Waals surface area contributed by atoms with Crippen LogP contribution in [0.2, 0.25) is 0 Å². The first-order valence-corrected chi connectivity index (χ1v) is 6.04. The summed E-state index contributed by atoms with van der Waals surface area (Å²) in [5, 5.41) is 11.2. The molecule has 2 rings (SSSR count). The predicted octanol–water partition coefficient (Wildman–Crippen LogP) is 0.765. The average Bonchev–Trinajstić information content (AvgIpc) is 2.82. The lowest BCUT2D eigenvalue weighted by molar-refractivity contribution is 0.0999. The number of benzene rings is 1. The van der Waals surface area contributed by atoms with E-state index in [1.807, 2.05) is 30.7 Å². The van der Waals surface area contributed by atoms with E-state index in [1.165, 1.54) is 0 Å². The lowest BCUT2D eigenvalue weighted by atomic mass is 10.1. The molecule has 19 heavy (non-hydrogen) atoms. The van der Waals surface area contributed by atoms with Gasteiger partial charge in [0, 0.05) is 19.2 Å². The number of nitrogens with two attached hydrogens (primary N) is 1. The minimum absolute atomic E-state index is 0.0356. The average molecular weight is 259 g/mol. The smallest absolute Gasteiger partial charge is 0.249 e. The molecule has 1 atom stereocenters. The molecule has 0 fully saturated rings. The van der Waals surface area contributed by atoms with Crippen molar-refractivity contribution in [2.45, 2.75) is 19.5 Å². The number of carbonyl (C=O) groups is 1. The van der Waals surface area contributed by atoms with Crippen LogP contribution in [0.1, 0.15) is 34.7 Å². The number of primary amides is 1. The van der Waals surface area contributed by atoms with Crippen molar-refractivity contribution in [1.82, 2.24) is 20.1 Å². The number of nitrogens with one attached hydrogen (secondary N) is 1. The molecule has 0 aliphatic heterocycles. The number of amides is 1. The van der Waals surface area contributed by atoms with Gasteiger partial charge in [0.05, 0.1) is 6.04 Å². The van der Waals surface area contributed by atoms with Gasteiger partial charge in [-0.2, -0.15) is 0 Å². The second kappa shape index (κ2) is 5.62. The zero-order chi connectivity index (χ0) is 13.8. The molecule has 3 N–H and O–H groups in total. The lowest BCUT2D eigenvalue weighted by Crippen LogP contribution is -2.23. The van der Waals surface area contributed by atoms with E-state index in [1.54, 1.807) is 18.5 Å². The van der Waals surface area contributed by atoms with Crippen LogP contribution in [0.15, 0.2) is 30.6 Å². The number of aromatic nitrogens is 3. The van der Waals surface area contributed by atoms with E-state index in [0.717, 1.165) is 11.4 Å². The third kappa shape index (κ3) is 2.97. The zero-order valence-electron chi connectivity index (χ0n) is 11.0. The molecule has 1 unspecified atom stereocenters. The zero-order valence-corrected chi connectivity index (χ0v) is 11.0. The molecule has 6 heteroatoms. The highest BCUT2D eigenvalue weighted by Crippen LogP contribution is 2.12. The Hall–Kier alpha value is -2.21. The summed E-state index contributed by atoms with van der Waals surface area (Å²) in [6.45, 7) is 2.55. The number of hydrogen-bond acceptors (Lipinski definition) is 4. The van der Waals surface area contributed by atoms with Gasteiger partial charge in [-0.25, -0.2) is 0 Å². The first-order chi connectivity index (χ1) is 9.09. The largest absolute Gasteiger partial charge is 0.366 e. The Morgan fingerprint density at radius 3 is 2.84 bits per heavy atom. The molecule has 0 spiro atoms. The maximum absolute atomic E-state index is 11.3. The van der Waals surface area contributed by atoms with Gasteiger partial charge in [0.25, 0.3) is 0 Å². The van der Waals surface area contributed by atoms with Crippen LogP contribution in [0.4, 0.5) is 0 Å². The minimum Gasteiger partial charge on any atom is -0.366 e. The van der Waals surface area contributed by atoms with Crippen molar-refractivity contribution in [2.24, 2.45) is 12.8 Å². The van der Waals surface area contributed by atoms with Crippen LogP contribution < -0.4 is 11.1 Å². The monoisotopic (exact) mass is 259 g/mol. The van der Waals surface area contributed by atoms with Gasteiger partial charge >= 0.3 is 0 Å². The van der Waals surface area contributed by atoms with Gasteiger partial charge < -0.3 is 15.6 Å². The van der Waals surface area contributed by atoms with Crippen molar-refractivity contribution < 1.29 is 4.79 Å². The van der Waals surface area contributed by atoms with Gasteiger partial charge in [-0.3, -0.25) is 4.79 Å². The van der Waals surface area contributed by atoms with Crippen molar-refractivity contribution in [3.63, 3.8) is 0 Å². The van der Waals surface area contributed by atoms with Crippen molar-refractivity contribution in [1.29, 1.82) is 0 Å². The highest BCUT2D eigenvalue weighted by atomic mass is 16.1. The van der Waals surface area contributed by atoms with Gasteiger partial charge in [-0.05, 0) is 18.6 Å². The second-order valence-electron chi connectivity index (χ2n) is 4.42. The fraction of sp³-hybridized carbons (Fsp3) is 0.308. The van der Waals surface area contributed by atoms with Crippen molar-refractivity contribution in [3.8, 4) is 0 Å². The summed E-state index contributed by atoms with van der Waals surface area (Å²) in [4.78, 5) is 11.3. The van der Waals surface area contributed by atoms with E-state index in [2.05, 4.69) is 15.5 Å². The van der Waals surface area contributed by atoms with Crippen LogP contribution in [0, 0.1) is 0 Å².